The number of amides is 1. The van der Waals surface area contributed by atoms with Crippen LogP contribution in [-0.4, -0.2) is 66.2 Å². The number of nitrogen functional groups attached to an aromatic ring is 1. The topological polar surface area (TPSA) is 102 Å². The number of carbonyl (C=O) groups excluding carboxylic acids is 1. The second-order valence-corrected chi connectivity index (χ2v) is 12.7. The second-order valence-electron chi connectivity index (χ2n) is 12.7. The van der Waals surface area contributed by atoms with Crippen molar-refractivity contribution in [3.05, 3.63) is 90.6 Å². The van der Waals surface area contributed by atoms with E-state index >= 15 is 0 Å². The lowest BCUT2D eigenvalue weighted by Crippen LogP contribution is -2.63. The molecule has 9 nitrogen and oxygen atoms in total. The lowest BCUT2D eigenvalue weighted by atomic mass is 9.90. The number of ether oxygens (including phenoxy) is 1. The molecule has 0 radical (unpaired) electrons. The van der Waals surface area contributed by atoms with Gasteiger partial charge in [-0.3, -0.25) is 9.47 Å². The van der Waals surface area contributed by atoms with Crippen LogP contribution < -0.4 is 5.73 Å². The largest absolute Gasteiger partial charge is 0.444 e. The highest BCUT2D eigenvalue weighted by atomic mass is 16.6. The molecule has 2 atom stereocenters. The maximum atomic E-state index is 12.8. The molecular formula is C35H37N7O2. The maximum absolute atomic E-state index is 12.8. The molecule has 2 N–H and O–H groups in total. The number of piperazine rings is 1. The van der Waals surface area contributed by atoms with Gasteiger partial charge in [0.25, 0.3) is 0 Å². The van der Waals surface area contributed by atoms with E-state index in [0.717, 1.165) is 59.6 Å². The molecule has 224 valence electrons. The zero-order valence-corrected chi connectivity index (χ0v) is 25.4. The first-order valence-electron chi connectivity index (χ1n) is 15.2. The van der Waals surface area contributed by atoms with E-state index in [1.165, 1.54) is 5.56 Å². The van der Waals surface area contributed by atoms with Crippen molar-refractivity contribution in [2.24, 2.45) is 0 Å². The van der Waals surface area contributed by atoms with Gasteiger partial charge in [0.2, 0.25) is 0 Å². The number of imidazole rings is 1. The first-order chi connectivity index (χ1) is 21.2. The van der Waals surface area contributed by atoms with Gasteiger partial charge < -0.3 is 15.4 Å². The van der Waals surface area contributed by atoms with E-state index in [1.807, 2.05) is 68.1 Å². The quantitative estimate of drug-likeness (QED) is 0.257. The summed E-state index contributed by atoms with van der Waals surface area (Å²) < 4.78 is 7.76. The zero-order chi connectivity index (χ0) is 30.4. The minimum atomic E-state index is -0.489. The summed E-state index contributed by atoms with van der Waals surface area (Å²) in [6.45, 7) is 8.15. The van der Waals surface area contributed by atoms with Gasteiger partial charge in [0.05, 0.1) is 11.3 Å². The van der Waals surface area contributed by atoms with Gasteiger partial charge in [-0.05, 0) is 75.6 Å². The summed E-state index contributed by atoms with van der Waals surface area (Å²) in [6, 6.07) is 27.1. The number of hydrogen-bond donors (Lipinski definition) is 1. The molecule has 5 aromatic rings. The Kier molecular flexibility index (Phi) is 7.05. The van der Waals surface area contributed by atoms with Crippen LogP contribution in [0.15, 0.2) is 85.1 Å². The number of pyridine rings is 2. The van der Waals surface area contributed by atoms with Gasteiger partial charge >= 0.3 is 6.09 Å². The minimum Gasteiger partial charge on any atom is -0.444 e. The van der Waals surface area contributed by atoms with Crippen molar-refractivity contribution in [2.45, 2.75) is 57.8 Å². The fourth-order valence-electron chi connectivity index (χ4n) is 6.40. The molecule has 3 aliphatic rings. The van der Waals surface area contributed by atoms with Crippen molar-refractivity contribution in [2.75, 3.05) is 18.8 Å². The molecule has 8 rings (SSSR count). The molecule has 0 saturated carbocycles. The molecule has 3 aromatic heterocycles. The van der Waals surface area contributed by atoms with E-state index < -0.39 is 5.60 Å². The van der Waals surface area contributed by atoms with Gasteiger partial charge in [0, 0.05) is 49.2 Å². The molecule has 0 aliphatic carbocycles. The molecule has 9 heteroatoms. The summed E-state index contributed by atoms with van der Waals surface area (Å²) in [5, 5.41) is 0. The highest BCUT2D eigenvalue weighted by Gasteiger charge is 2.42. The molecule has 0 spiro atoms. The number of aromatic nitrogens is 4. The van der Waals surface area contributed by atoms with Gasteiger partial charge in [-0.2, -0.15) is 0 Å². The van der Waals surface area contributed by atoms with E-state index in [2.05, 4.69) is 50.8 Å². The summed E-state index contributed by atoms with van der Waals surface area (Å²) >= 11 is 0. The van der Waals surface area contributed by atoms with E-state index in [-0.39, 0.29) is 12.1 Å². The highest BCUT2D eigenvalue weighted by Crippen LogP contribution is 2.34. The number of carbonyl (C=O) groups is 1. The van der Waals surface area contributed by atoms with Crippen LogP contribution in [-0.2, 0) is 11.3 Å². The standard InChI is InChI=1S/C35H37N7O2/c1-35(2,3)44-34(43)41-22-26-15-16-27(41)21-40(26)20-23-11-13-25(14-12-23)42-32(28-10-7-19-37-31(28)36)39-30-18-17-29(38-33(30)42)24-8-5-4-6-9-24/h4-14,17-19,26-27H,15-16,20-22H2,1-3H3,(H2,36,37). The minimum absolute atomic E-state index is 0.184. The number of nitrogens with two attached hydrogens (primary N) is 1. The third-order valence-electron chi connectivity index (χ3n) is 8.50. The first-order valence-corrected chi connectivity index (χ1v) is 15.2. The van der Waals surface area contributed by atoms with Crippen LogP contribution in [0.5, 0.6) is 0 Å². The summed E-state index contributed by atoms with van der Waals surface area (Å²) in [5.41, 5.74) is 12.2. The number of hydrogen-bond acceptors (Lipinski definition) is 7. The molecule has 1 amide bonds. The number of anilines is 1. The van der Waals surface area contributed by atoms with E-state index in [1.54, 1.807) is 6.20 Å². The third-order valence-corrected chi connectivity index (χ3v) is 8.50. The molecule has 3 aliphatic heterocycles. The van der Waals surface area contributed by atoms with Crippen molar-refractivity contribution in [1.82, 2.24) is 29.3 Å². The van der Waals surface area contributed by atoms with Crippen LogP contribution in [0, 0.1) is 0 Å². The second kappa shape index (κ2) is 11.1. The maximum Gasteiger partial charge on any atom is 0.410 e. The monoisotopic (exact) mass is 587 g/mol. The Balaban J connectivity index is 1.18. The van der Waals surface area contributed by atoms with Crippen LogP contribution >= 0.6 is 0 Å². The molecule has 3 fully saturated rings. The lowest BCUT2D eigenvalue weighted by Gasteiger charge is -2.51. The molecule has 2 aromatic carbocycles. The van der Waals surface area contributed by atoms with Gasteiger partial charge in [-0.1, -0.05) is 42.5 Å². The molecular weight excluding hydrogens is 550 g/mol. The van der Waals surface area contributed by atoms with Crippen molar-refractivity contribution in [3.8, 4) is 28.3 Å². The molecule has 44 heavy (non-hydrogen) atoms. The predicted molar refractivity (Wildman–Crippen MR) is 172 cm³/mol. The van der Waals surface area contributed by atoms with Crippen LogP contribution in [0.3, 0.4) is 0 Å². The van der Waals surface area contributed by atoms with Gasteiger partial charge in [-0.25, -0.2) is 19.7 Å². The summed E-state index contributed by atoms with van der Waals surface area (Å²) in [6.07, 6.45) is 3.60. The Labute approximate surface area is 257 Å². The average Bonchev–Trinajstić information content (AvgIpc) is 3.40. The summed E-state index contributed by atoms with van der Waals surface area (Å²) in [7, 11) is 0. The van der Waals surface area contributed by atoms with Crippen molar-refractivity contribution < 1.29 is 9.53 Å². The normalized spacial score (nSPS) is 18.6. The van der Waals surface area contributed by atoms with Crippen molar-refractivity contribution in [3.63, 3.8) is 0 Å². The highest BCUT2D eigenvalue weighted by molar-refractivity contribution is 5.84. The van der Waals surface area contributed by atoms with Crippen LogP contribution in [0.4, 0.5) is 10.6 Å². The fourth-order valence-corrected chi connectivity index (χ4v) is 6.40. The number of fused-ring (bicyclic) bond motifs is 4. The number of piperidine rings is 2. The molecule has 2 unspecified atom stereocenters. The van der Waals surface area contributed by atoms with Crippen LogP contribution in [0.25, 0.3) is 39.5 Å². The van der Waals surface area contributed by atoms with Gasteiger partial charge in [0.15, 0.2) is 11.5 Å². The lowest BCUT2D eigenvalue weighted by molar-refractivity contribution is -0.0436. The average molecular weight is 588 g/mol. The van der Waals surface area contributed by atoms with Gasteiger partial charge in [0.1, 0.15) is 16.9 Å². The SMILES string of the molecule is CC(C)(C)OC(=O)N1CC2CCC1CN2Cc1ccc(-n2c(-c3cccnc3N)nc3ccc(-c4ccccc4)nc32)cc1. The third kappa shape index (κ3) is 5.39. The van der Waals surface area contributed by atoms with E-state index in [0.29, 0.717) is 24.2 Å². The van der Waals surface area contributed by atoms with Crippen LogP contribution in [0.2, 0.25) is 0 Å². The molecule has 6 heterocycles. The first kappa shape index (κ1) is 28.0. The predicted octanol–water partition coefficient (Wildman–Crippen LogP) is 6.32. The molecule has 2 bridgehead atoms. The van der Waals surface area contributed by atoms with Crippen LogP contribution in [0.1, 0.15) is 39.2 Å². The fraction of sp³-hybridized carbons (Fsp3) is 0.314. The number of nitrogens with zero attached hydrogens (tertiary/aromatic N) is 6. The van der Waals surface area contributed by atoms with Gasteiger partial charge in [-0.15, -0.1) is 0 Å². The summed E-state index contributed by atoms with van der Waals surface area (Å²) in [4.78, 5) is 31.6. The van der Waals surface area contributed by atoms with E-state index in [9.17, 15) is 4.79 Å². The van der Waals surface area contributed by atoms with E-state index in [4.69, 9.17) is 20.4 Å². The Morgan fingerprint density at radius 1 is 0.909 bits per heavy atom. The molecule has 3 saturated heterocycles. The smallest absolute Gasteiger partial charge is 0.410 e. The Bertz CT molecular complexity index is 1810. The zero-order valence-electron chi connectivity index (χ0n) is 25.4. The van der Waals surface area contributed by atoms with Crippen molar-refractivity contribution in [1.29, 1.82) is 0 Å². The summed E-state index contributed by atoms with van der Waals surface area (Å²) in [5.74, 6) is 1.12. The number of benzene rings is 2. The van der Waals surface area contributed by atoms with Crippen molar-refractivity contribution >= 4 is 23.1 Å². The number of rotatable bonds is 5. The Morgan fingerprint density at radius 3 is 2.39 bits per heavy atom. The Morgan fingerprint density at radius 2 is 1.68 bits per heavy atom. The Hall–Kier alpha value is -4.76.